The van der Waals surface area contributed by atoms with Crippen LogP contribution < -0.4 is 4.72 Å². The number of benzene rings is 1. The fourth-order valence-corrected chi connectivity index (χ4v) is 7.35. The maximum Gasteiger partial charge on any atom is 0.416 e. The first-order valence-electron chi connectivity index (χ1n) is 12.5. The van der Waals surface area contributed by atoms with E-state index in [4.69, 9.17) is 4.74 Å². The number of aliphatic hydroxyl groups is 1. The van der Waals surface area contributed by atoms with Crippen molar-refractivity contribution in [2.45, 2.75) is 67.8 Å². The summed E-state index contributed by atoms with van der Waals surface area (Å²) in [4.78, 5) is 19.5. The van der Waals surface area contributed by atoms with Gasteiger partial charge in [-0.25, -0.2) is 18.1 Å². The molecule has 0 unspecified atom stereocenters. The number of ketones is 1. The smallest absolute Gasteiger partial charge is 0.384 e. The van der Waals surface area contributed by atoms with E-state index in [1.165, 1.54) is 11.3 Å². The first-order valence-corrected chi connectivity index (χ1v) is 14.8. The number of hydrogen-bond acceptors (Lipinski definition) is 8. The number of nitrogens with zero attached hydrogens (tertiary/aromatic N) is 2. The minimum atomic E-state index is -4.67. The van der Waals surface area contributed by atoms with Crippen molar-refractivity contribution in [2.75, 3.05) is 26.7 Å². The summed E-state index contributed by atoms with van der Waals surface area (Å²) in [6.45, 7) is 1.50. The fraction of sp³-hybridized carbons (Fsp3) is 0.600. The van der Waals surface area contributed by atoms with Crippen LogP contribution in [0.25, 0.3) is 0 Å². The second-order valence-electron chi connectivity index (χ2n) is 10.1. The average molecular weight is 576 g/mol. The molecule has 1 saturated heterocycles. The highest BCUT2D eigenvalue weighted by Crippen LogP contribution is 2.42. The number of rotatable bonds is 10. The number of methoxy groups -OCH3 is 1. The van der Waals surface area contributed by atoms with Gasteiger partial charge >= 0.3 is 6.18 Å². The molecule has 1 atom stereocenters. The van der Waals surface area contributed by atoms with Gasteiger partial charge in [0.25, 0.3) is 0 Å². The van der Waals surface area contributed by atoms with Crippen molar-refractivity contribution >= 4 is 27.1 Å². The summed E-state index contributed by atoms with van der Waals surface area (Å²) in [6, 6.07) is 3.74. The number of hydrogen-bond donors (Lipinski definition) is 2. The highest BCUT2D eigenvalue weighted by Gasteiger charge is 2.40. The van der Waals surface area contributed by atoms with Gasteiger partial charge in [-0.05, 0) is 62.8 Å². The Morgan fingerprint density at radius 2 is 2.03 bits per heavy atom. The number of alkyl halides is 3. The monoisotopic (exact) mass is 575 g/mol. The van der Waals surface area contributed by atoms with Crippen LogP contribution >= 0.6 is 11.3 Å². The van der Waals surface area contributed by atoms with Gasteiger partial charge < -0.3 is 14.7 Å². The van der Waals surface area contributed by atoms with Gasteiger partial charge in [-0.2, -0.15) is 13.2 Å². The molecule has 2 heterocycles. The highest BCUT2D eigenvalue weighted by molar-refractivity contribution is 7.89. The molecule has 1 saturated carbocycles. The largest absolute Gasteiger partial charge is 0.416 e. The number of Topliss-reactive ketones (excluding diaryl/α,β-unsaturated/α-hetero) is 1. The van der Waals surface area contributed by atoms with Gasteiger partial charge in [-0.3, -0.25) is 4.79 Å². The predicted octanol–water partition coefficient (Wildman–Crippen LogP) is 3.70. The number of likely N-dealkylation sites (tertiary alicyclic amines) is 1. The standard InChI is InChI=1S/C25H32F3N3O5S2/c1-36-16-23-29-14-22(37-23)24(33)8-5-19(6-9-24)31-10-7-17(15-31)11-20(32)13-30-38(34,35)21-4-2-3-18(12-21)25(26,27)28/h2-4,12,14,17,19,30,33H,5-11,13,15-16H2,1H3/t17-,19?,24?/m0/s1. The summed E-state index contributed by atoms with van der Waals surface area (Å²) in [7, 11) is -2.64. The molecule has 13 heteroatoms. The van der Waals surface area contributed by atoms with Crippen molar-refractivity contribution in [2.24, 2.45) is 5.92 Å². The molecule has 0 amide bonds. The summed E-state index contributed by atoms with van der Waals surface area (Å²) in [5.74, 6) is -0.220. The van der Waals surface area contributed by atoms with Crippen LogP contribution in [0.2, 0.25) is 0 Å². The molecule has 2 aromatic rings. The maximum atomic E-state index is 12.9. The van der Waals surface area contributed by atoms with E-state index in [0.717, 1.165) is 53.9 Å². The third kappa shape index (κ3) is 6.99. The molecule has 0 bridgehead atoms. The molecule has 0 radical (unpaired) electrons. The summed E-state index contributed by atoms with van der Waals surface area (Å²) in [5, 5.41) is 12.0. The van der Waals surface area contributed by atoms with E-state index >= 15 is 0 Å². The van der Waals surface area contributed by atoms with E-state index in [2.05, 4.69) is 14.6 Å². The Morgan fingerprint density at radius 1 is 1.29 bits per heavy atom. The van der Waals surface area contributed by atoms with E-state index < -0.39 is 38.8 Å². The predicted molar refractivity (Wildman–Crippen MR) is 135 cm³/mol. The van der Waals surface area contributed by atoms with Crippen LogP contribution in [-0.4, -0.2) is 62.0 Å². The van der Waals surface area contributed by atoms with E-state index in [1.807, 2.05) is 0 Å². The molecule has 2 fully saturated rings. The van der Waals surface area contributed by atoms with Crippen LogP contribution in [0.1, 0.15) is 54.0 Å². The van der Waals surface area contributed by atoms with E-state index in [-0.39, 0.29) is 18.1 Å². The van der Waals surface area contributed by atoms with Crippen LogP contribution in [0.4, 0.5) is 13.2 Å². The number of carbonyl (C=O) groups is 1. The molecule has 2 N–H and O–H groups in total. The third-order valence-corrected chi connectivity index (χ3v) is 9.91. The van der Waals surface area contributed by atoms with Crippen molar-refractivity contribution in [3.63, 3.8) is 0 Å². The number of carbonyl (C=O) groups excluding carboxylic acids is 1. The van der Waals surface area contributed by atoms with Crippen molar-refractivity contribution in [3.05, 3.63) is 45.9 Å². The van der Waals surface area contributed by atoms with Crippen LogP contribution in [-0.2, 0) is 37.9 Å². The number of ether oxygens (including phenoxy) is 1. The Morgan fingerprint density at radius 3 is 2.71 bits per heavy atom. The quantitative estimate of drug-likeness (QED) is 0.445. The topological polar surface area (TPSA) is 109 Å². The average Bonchev–Trinajstić information content (AvgIpc) is 3.54. The lowest BCUT2D eigenvalue weighted by molar-refractivity contribution is -0.137. The summed E-state index contributed by atoms with van der Waals surface area (Å²) in [5.41, 5.74) is -1.95. The SMILES string of the molecule is COCc1ncc(C2(O)CCC(N3CC[C@@H](CC(=O)CNS(=O)(=O)c4cccc(C(F)(F)F)c4)C3)CC2)s1. The lowest BCUT2D eigenvalue weighted by atomic mass is 9.81. The molecule has 1 aromatic carbocycles. The first kappa shape index (κ1) is 29.1. The molecule has 1 aliphatic heterocycles. The van der Waals surface area contributed by atoms with Gasteiger partial charge in [0.1, 0.15) is 16.4 Å². The minimum absolute atomic E-state index is 0.0828. The summed E-state index contributed by atoms with van der Waals surface area (Å²) < 4.78 is 70.9. The Bertz CT molecular complexity index is 1230. The number of thiazole rings is 1. The molecule has 2 aliphatic rings. The lowest BCUT2D eigenvalue weighted by Crippen LogP contribution is -2.41. The molecular formula is C25H32F3N3O5S2. The van der Waals surface area contributed by atoms with E-state index in [0.29, 0.717) is 38.1 Å². The zero-order valence-corrected chi connectivity index (χ0v) is 22.7. The molecule has 1 aliphatic carbocycles. The Labute approximate surface area is 224 Å². The van der Waals surface area contributed by atoms with Crippen LogP contribution in [0.3, 0.4) is 0 Å². The number of nitrogens with one attached hydrogen (secondary N) is 1. The number of halogens is 3. The first-order chi connectivity index (χ1) is 17.9. The highest BCUT2D eigenvalue weighted by atomic mass is 32.2. The molecular weight excluding hydrogens is 543 g/mol. The lowest BCUT2D eigenvalue weighted by Gasteiger charge is -2.39. The Kier molecular flexibility index (Phi) is 8.95. The van der Waals surface area contributed by atoms with Gasteiger partial charge in [0.2, 0.25) is 10.0 Å². The van der Waals surface area contributed by atoms with Crippen molar-refractivity contribution in [1.29, 1.82) is 0 Å². The number of aromatic nitrogens is 1. The Hall–Kier alpha value is -1.90. The summed E-state index contributed by atoms with van der Waals surface area (Å²) >= 11 is 1.47. The fourth-order valence-electron chi connectivity index (χ4n) is 5.26. The van der Waals surface area contributed by atoms with E-state index in [1.54, 1.807) is 13.3 Å². The molecule has 0 spiro atoms. The van der Waals surface area contributed by atoms with Crippen molar-refractivity contribution in [1.82, 2.24) is 14.6 Å². The van der Waals surface area contributed by atoms with Crippen molar-refractivity contribution < 1.29 is 36.2 Å². The van der Waals surface area contributed by atoms with Gasteiger partial charge in [0.05, 0.1) is 28.5 Å². The molecule has 8 nitrogen and oxygen atoms in total. The Balaban J connectivity index is 1.24. The zero-order chi connectivity index (χ0) is 27.6. The second-order valence-corrected chi connectivity index (χ2v) is 12.9. The van der Waals surface area contributed by atoms with Gasteiger partial charge in [0.15, 0.2) is 0 Å². The molecule has 4 rings (SSSR count). The molecule has 210 valence electrons. The minimum Gasteiger partial charge on any atom is -0.384 e. The normalized spacial score (nSPS) is 25.1. The second kappa shape index (κ2) is 11.7. The van der Waals surface area contributed by atoms with Gasteiger partial charge in [-0.1, -0.05) is 6.07 Å². The third-order valence-electron chi connectivity index (χ3n) is 7.34. The zero-order valence-electron chi connectivity index (χ0n) is 21.0. The number of sulfonamides is 1. The van der Waals surface area contributed by atoms with Gasteiger partial charge in [0, 0.05) is 32.3 Å². The molecule has 38 heavy (non-hydrogen) atoms. The maximum absolute atomic E-state index is 12.9. The van der Waals surface area contributed by atoms with Crippen LogP contribution in [0.15, 0.2) is 35.4 Å². The van der Waals surface area contributed by atoms with Crippen LogP contribution in [0.5, 0.6) is 0 Å². The molecule has 1 aromatic heterocycles. The summed E-state index contributed by atoms with van der Waals surface area (Å²) in [6.07, 6.45) is 0.980. The van der Waals surface area contributed by atoms with E-state index in [9.17, 15) is 31.5 Å². The van der Waals surface area contributed by atoms with Crippen LogP contribution in [0, 0.1) is 5.92 Å². The van der Waals surface area contributed by atoms with Crippen molar-refractivity contribution in [3.8, 4) is 0 Å². The van der Waals surface area contributed by atoms with Gasteiger partial charge in [-0.15, -0.1) is 11.3 Å².